The lowest BCUT2D eigenvalue weighted by Gasteiger charge is -2.15. The van der Waals surface area contributed by atoms with Gasteiger partial charge in [-0.1, -0.05) is 0 Å². The number of hydrogen-bond acceptors (Lipinski definition) is 5. The summed E-state index contributed by atoms with van der Waals surface area (Å²) >= 11 is 0. The summed E-state index contributed by atoms with van der Waals surface area (Å²) in [6.07, 6.45) is 1.12. The predicted molar refractivity (Wildman–Crippen MR) is 98.2 cm³/mol. The molecule has 0 fully saturated rings. The number of carbonyl (C=O) groups is 4. The summed E-state index contributed by atoms with van der Waals surface area (Å²) in [6.45, 7) is 5.00. The summed E-state index contributed by atoms with van der Waals surface area (Å²) in [5.74, 6) is -1.24. The fourth-order valence-electron chi connectivity index (χ4n) is 3.11. The Balaban J connectivity index is 1.71. The molecule has 1 aromatic carbocycles. The van der Waals surface area contributed by atoms with Crippen LogP contribution in [0.15, 0.2) is 30.5 Å². The van der Waals surface area contributed by atoms with Crippen molar-refractivity contribution in [1.82, 2.24) is 4.98 Å². The number of hydrogen-bond donors (Lipinski definition) is 1. The Morgan fingerprint density at radius 1 is 1.11 bits per heavy atom. The van der Waals surface area contributed by atoms with Gasteiger partial charge in [-0.25, -0.2) is 4.79 Å². The molecule has 0 saturated heterocycles. The van der Waals surface area contributed by atoms with Crippen LogP contribution in [0.25, 0.3) is 0 Å². The maximum Gasteiger partial charge on any atom is 0.355 e. The Labute approximate surface area is 156 Å². The molecule has 1 amide bonds. The van der Waals surface area contributed by atoms with Crippen molar-refractivity contribution < 1.29 is 23.9 Å². The van der Waals surface area contributed by atoms with Gasteiger partial charge in [0.2, 0.25) is 11.7 Å². The molecule has 1 aromatic heterocycles. The van der Waals surface area contributed by atoms with Crippen molar-refractivity contribution >= 4 is 29.1 Å². The van der Waals surface area contributed by atoms with E-state index in [0.29, 0.717) is 24.1 Å². The molecular formula is C20H20N2O5. The lowest BCUT2D eigenvalue weighted by molar-refractivity contribution is -0.116. The van der Waals surface area contributed by atoms with E-state index >= 15 is 0 Å². The molecule has 1 aliphatic rings. The smallest absolute Gasteiger partial charge is 0.355 e. The predicted octanol–water partition coefficient (Wildman–Crippen LogP) is 2.55. The van der Waals surface area contributed by atoms with Crippen LogP contribution in [0.3, 0.4) is 0 Å². The van der Waals surface area contributed by atoms with E-state index in [2.05, 4.69) is 4.98 Å². The maximum absolute atomic E-state index is 12.6. The highest BCUT2D eigenvalue weighted by Crippen LogP contribution is 2.29. The lowest BCUT2D eigenvalue weighted by Crippen LogP contribution is -2.26. The average molecular weight is 368 g/mol. The summed E-state index contributed by atoms with van der Waals surface area (Å²) in [5.41, 5.74) is 2.65. The van der Waals surface area contributed by atoms with Crippen LogP contribution in [0.4, 0.5) is 5.69 Å². The molecule has 1 aliphatic heterocycles. The number of H-pyrrole nitrogens is 1. The van der Waals surface area contributed by atoms with Gasteiger partial charge >= 0.3 is 5.97 Å². The second-order valence-electron chi connectivity index (χ2n) is 6.53. The number of esters is 1. The van der Waals surface area contributed by atoms with E-state index in [0.717, 1.165) is 11.3 Å². The van der Waals surface area contributed by atoms with E-state index in [4.69, 9.17) is 4.74 Å². The van der Waals surface area contributed by atoms with Crippen molar-refractivity contribution in [2.75, 3.05) is 11.4 Å². The Bertz CT molecular complexity index is 944. The molecule has 0 saturated carbocycles. The first-order valence-corrected chi connectivity index (χ1v) is 8.63. The van der Waals surface area contributed by atoms with Crippen molar-refractivity contribution in [3.8, 4) is 0 Å². The van der Waals surface area contributed by atoms with Gasteiger partial charge in [0.1, 0.15) is 5.69 Å². The minimum Gasteiger partial charge on any atom is -0.450 e. The third-order valence-corrected chi connectivity index (χ3v) is 4.60. The summed E-state index contributed by atoms with van der Waals surface area (Å²) in [7, 11) is 0. The van der Waals surface area contributed by atoms with E-state index in [1.165, 1.54) is 33.0 Å². The van der Waals surface area contributed by atoms with Gasteiger partial charge in [0.05, 0.1) is 0 Å². The van der Waals surface area contributed by atoms with Crippen molar-refractivity contribution in [2.45, 2.75) is 33.3 Å². The van der Waals surface area contributed by atoms with Crippen LogP contribution >= 0.6 is 0 Å². The van der Waals surface area contributed by atoms with Gasteiger partial charge in [-0.3, -0.25) is 14.4 Å². The molecule has 0 aliphatic carbocycles. The second kappa shape index (κ2) is 7.19. The second-order valence-corrected chi connectivity index (χ2v) is 6.53. The normalized spacial score (nSPS) is 13.8. The van der Waals surface area contributed by atoms with E-state index in [1.54, 1.807) is 23.1 Å². The maximum atomic E-state index is 12.6. The van der Waals surface area contributed by atoms with Gasteiger partial charge in [0.25, 0.3) is 0 Å². The number of anilines is 1. The Morgan fingerprint density at radius 3 is 2.48 bits per heavy atom. The Kier molecular flexibility index (Phi) is 4.94. The topological polar surface area (TPSA) is 96.5 Å². The zero-order valence-electron chi connectivity index (χ0n) is 15.4. The number of aromatic nitrogens is 1. The zero-order chi connectivity index (χ0) is 19.7. The van der Waals surface area contributed by atoms with Crippen molar-refractivity contribution in [3.63, 3.8) is 0 Å². The molecule has 140 valence electrons. The highest BCUT2D eigenvalue weighted by molar-refractivity contribution is 6.03. The number of ether oxygens (including phenoxy) is 1. The molecule has 0 radical (unpaired) electrons. The number of carbonyl (C=O) groups excluding carboxylic acids is 4. The molecule has 3 rings (SSSR count). The molecule has 2 aromatic rings. The number of nitrogens with zero attached hydrogens (tertiary/aromatic N) is 1. The monoisotopic (exact) mass is 368 g/mol. The average Bonchev–Trinajstić information content (AvgIpc) is 3.27. The van der Waals surface area contributed by atoms with Gasteiger partial charge in [0.15, 0.2) is 11.9 Å². The van der Waals surface area contributed by atoms with Crippen molar-refractivity contribution in [1.29, 1.82) is 0 Å². The molecule has 7 heteroatoms. The van der Waals surface area contributed by atoms with Crippen LogP contribution in [0, 0.1) is 0 Å². The number of nitrogens with one attached hydrogen (secondary N) is 1. The fraction of sp³-hybridized carbons (Fsp3) is 0.300. The molecule has 27 heavy (non-hydrogen) atoms. The third kappa shape index (κ3) is 3.67. The van der Waals surface area contributed by atoms with Crippen LogP contribution in [0.1, 0.15) is 57.5 Å². The Morgan fingerprint density at radius 2 is 1.85 bits per heavy atom. The summed E-state index contributed by atoms with van der Waals surface area (Å²) in [4.78, 5) is 52.1. The lowest BCUT2D eigenvalue weighted by atomic mass is 10.0. The SMILES string of the molecule is CC(=O)c1c[nH]c(C(=O)O[C@@H](C)C(=O)c2ccc3c(c2)CCN3C(C)=O)c1. The number of Topliss-reactive ketones (excluding diaryl/α,β-unsaturated/α-hetero) is 2. The quantitative estimate of drug-likeness (QED) is 0.646. The van der Waals surface area contributed by atoms with E-state index in [1.807, 2.05) is 0 Å². The van der Waals surface area contributed by atoms with Crippen LogP contribution in [-0.4, -0.2) is 41.1 Å². The molecular weight excluding hydrogens is 348 g/mol. The minimum absolute atomic E-state index is 0.0361. The van der Waals surface area contributed by atoms with E-state index < -0.39 is 12.1 Å². The molecule has 1 N–H and O–H groups in total. The first-order chi connectivity index (χ1) is 12.8. The summed E-state index contributed by atoms with van der Waals surface area (Å²) in [5, 5.41) is 0. The number of fused-ring (bicyclic) bond motifs is 1. The van der Waals surface area contributed by atoms with Crippen LogP contribution in [0.5, 0.6) is 0 Å². The fourth-order valence-corrected chi connectivity index (χ4v) is 3.11. The standard InChI is InChI=1S/C20H20N2O5/c1-11(23)16-9-17(21-10-16)20(26)27-12(2)19(25)15-4-5-18-14(8-15)6-7-22(18)13(3)24/h4-5,8-10,12,21H,6-7H2,1-3H3/t12-/m0/s1. The van der Waals surface area contributed by atoms with Crippen molar-refractivity contribution in [2.24, 2.45) is 0 Å². The first kappa shape index (κ1) is 18.6. The van der Waals surface area contributed by atoms with E-state index in [-0.39, 0.29) is 23.2 Å². The molecule has 0 unspecified atom stereocenters. The van der Waals surface area contributed by atoms with Gasteiger partial charge in [0, 0.05) is 36.5 Å². The number of rotatable bonds is 5. The molecule has 0 spiro atoms. The summed E-state index contributed by atoms with van der Waals surface area (Å²) in [6, 6.07) is 6.52. The highest BCUT2D eigenvalue weighted by atomic mass is 16.5. The largest absolute Gasteiger partial charge is 0.450 e. The van der Waals surface area contributed by atoms with Crippen LogP contribution in [-0.2, 0) is 16.0 Å². The summed E-state index contributed by atoms with van der Waals surface area (Å²) < 4.78 is 5.23. The van der Waals surface area contributed by atoms with Gasteiger partial charge in [-0.15, -0.1) is 0 Å². The number of ketones is 2. The molecule has 1 atom stereocenters. The van der Waals surface area contributed by atoms with E-state index in [9.17, 15) is 19.2 Å². The minimum atomic E-state index is -0.982. The van der Waals surface area contributed by atoms with Gasteiger partial charge < -0.3 is 14.6 Å². The van der Waals surface area contributed by atoms with Gasteiger partial charge in [-0.05, 0) is 50.1 Å². The number of amides is 1. The number of benzene rings is 1. The zero-order valence-corrected chi connectivity index (χ0v) is 15.4. The highest BCUT2D eigenvalue weighted by Gasteiger charge is 2.26. The van der Waals surface area contributed by atoms with Crippen LogP contribution < -0.4 is 4.90 Å². The van der Waals surface area contributed by atoms with Gasteiger partial charge in [-0.2, -0.15) is 0 Å². The first-order valence-electron chi connectivity index (χ1n) is 8.63. The molecule has 2 heterocycles. The Hall–Kier alpha value is -3.22. The molecule has 0 bridgehead atoms. The van der Waals surface area contributed by atoms with Crippen LogP contribution in [0.2, 0.25) is 0 Å². The molecule has 7 nitrogen and oxygen atoms in total. The third-order valence-electron chi connectivity index (χ3n) is 4.60. The number of aromatic amines is 1. The van der Waals surface area contributed by atoms with Crippen molar-refractivity contribution in [3.05, 3.63) is 52.8 Å².